The van der Waals surface area contributed by atoms with Gasteiger partial charge in [-0.1, -0.05) is 6.07 Å². The third-order valence-electron chi connectivity index (χ3n) is 4.73. The summed E-state index contributed by atoms with van der Waals surface area (Å²) in [5.41, 5.74) is 0.983. The number of carbonyl (C=O) groups excluding carboxylic acids is 1. The number of likely N-dealkylation sites (N-methyl/N-ethyl adjacent to an activating group) is 1. The Morgan fingerprint density at radius 3 is 2.78 bits per heavy atom. The Kier molecular flexibility index (Phi) is 5.91. The normalized spacial score (nSPS) is 21.8. The molecule has 0 bridgehead atoms. The summed E-state index contributed by atoms with van der Waals surface area (Å²) in [4.78, 5) is 21.7. The number of amides is 1. The number of thioether (sulfide) groups is 1. The maximum Gasteiger partial charge on any atom is 0.244 e. The Bertz CT molecular complexity index is 502. The molecule has 2 fully saturated rings. The molecule has 0 spiro atoms. The van der Waals surface area contributed by atoms with Gasteiger partial charge in [0.1, 0.15) is 6.04 Å². The largest absolute Gasteiger partial charge is 0.379 e. The molecule has 3 heterocycles. The van der Waals surface area contributed by atoms with Crippen molar-refractivity contribution in [1.29, 1.82) is 0 Å². The van der Waals surface area contributed by atoms with Gasteiger partial charge >= 0.3 is 0 Å². The van der Waals surface area contributed by atoms with E-state index in [0.29, 0.717) is 19.3 Å². The second-order valence-electron chi connectivity index (χ2n) is 6.13. The highest BCUT2D eigenvalue weighted by atomic mass is 32.2. The average molecular weight is 335 g/mol. The zero-order valence-corrected chi connectivity index (χ0v) is 14.5. The van der Waals surface area contributed by atoms with Crippen LogP contribution in [0.1, 0.15) is 24.4 Å². The Labute approximate surface area is 142 Å². The summed E-state index contributed by atoms with van der Waals surface area (Å²) in [6, 6.07) is 4.04. The van der Waals surface area contributed by atoms with Crippen LogP contribution in [0.15, 0.2) is 24.5 Å². The highest BCUT2D eigenvalue weighted by molar-refractivity contribution is 7.99. The minimum Gasteiger partial charge on any atom is -0.379 e. The number of hydrogen-bond donors (Lipinski definition) is 0. The third kappa shape index (κ3) is 4.05. The predicted octanol–water partition coefficient (Wildman–Crippen LogP) is 1.81. The number of aromatic nitrogens is 1. The molecule has 0 saturated carbocycles. The number of hydrogen-bond acceptors (Lipinski definition) is 5. The quantitative estimate of drug-likeness (QED) is 0.840. The number of nitrogens with zero attached hydrogens (tertiary/aromatic N) is 3. The van der Waals surface area contributed by atoms with Crippen molar-refractivity contribution < 1.29 is 9.53 Å². The molecule has 126 valence electrons. The molecule has 6 heteroatoms. The van der Waals surface area contributed by atoms with Crippen molar-refractivity contribution in [1.82, 2.24) is 14.8 Å². The first-order chi connectivity index (χ1) is 11.3. The summed E-state index contributed by atoms with van der Waals surface area (Å²) in [6.07, 6.45) is 5.76. The molecule has 0 N–H and O–H groups in total. The van der Waals surface area contributed by atoms with E-state index in [0.717, 1.165) is 43.0 Å². The number of pyridine rings is 1. The van der Waals surface area contributed by atoms with Crippen LogP contribution in [0.25, 0.3) is 0 Å². The minimum absolute atomic E-state index is 0.191. The molecule has 0 aromatic carbocycles. The lowest BCUT2D eigenvalue weighted by Crippen LogP contribution is -2.49. The Morgan fingerprint density at radius 1 is 1.39 bits per heavy atom. The molecule has 3 rings (SSSR count). The first-order valence-electron chi connectivity index (χ1n) is 8.33. The first-order valence-corrected chi connectivity index (χ1v) is 9.49. The van der Waals surface area contributed by atoms with Crippen molar-refractivity contribution in [2.75, 3.05) is 44.9 Å². The molecule has 1 amide bonds. The number of rotatable bonds is 4. The van der Waals surface area contributed by atoms with Gasteiger partial charge in [-0.2, -0.15) is 11.8 Å². The van der Waals surface area contributed by atoms with E-state index in [1.165, 1.54) is 0 Å². The van der Waals surface area contributed by atoms with Gasteiger partial charge in [-0.3, -0.25) is 14.7 Å². The minimum atomic E-state index is -0.243. The van der Waals surface area contributed by atoms with Crippen LogP contribution >= 0.6 is 11.8 Å². The Morgan fingerprint density at radius 2 is 2.13 bits per heavy atom. The molecule has 2 aliphatic heterocycles. The molecular weight excluding hydrogens is 310 g/mol. The van der Waals surface area contributed by atoms with Crippen LogP contribution in [0.4, 0.5) is 0 Å². The van der Waals surface area contributed by atoms with Crippen LogP contribution in [0.5, 0.6) is 0 Å². The lowest BCUT2D eigenvalue weighted by atomic mass is 10.0. The molecule has 1 aromatic rings. The smallest absolute Gasteiger partial charge is 0.244 e. The van der Waals surface area contributed by atoms with E-state index in [4.69, 9.17) is 4.74 Å². The average Bonchev–Trinajstić information content (AvgIpc) is 2.64. The summed E-state index contributed by atoms with van der Waals surface area (Å²) in [5, 5.41) is 0. The molecular formula is C17H25N3O2S. The van der Waals surface area contributed by atoms with E-state index in [9.17, 15) is 4.79 Å². The van der Waals surface area contributed by atoms with Gasteiger partial charge in [0, 0.05) is 38.6 Å². The van der Waals surface area contributed by atoms with Crippen LogP contribution in [0.3, 0.4) is 0 Å². The summed E-state index contributed by atoms with van der Waals surface area (Å²) in [6.45, 7) is 2.96. The van der Waals surface area contributed by atoms with Gasteiger partial charge in [0.25, 0.3) is 0 Å². The van der Waals surface area contributed by atoms with Crippen LogP contribution in [0, 0.1) is 0 Å². The SMILES string of the molecule is CN(C(=O)C(c1cccnc1)N1CCOCC1)C1CCSCC1. The lowest BCUT2D eigenvalue weighted by molar-refractivity contribution is -0.140. The van der Waals surface area contributed by atoms with Crippen molar-refractivity contribution >= 4 is 17.7 Å². The summed E-state index contributed by atoms with van der Waals surface area (Å²) < 4.78 is 5.46. The molecule has 0 aliphatic carbocycles. The first kappa shape index (κ1) is 16.7. The molecule has 23 heavy (non-hydrogen) atoms. The maximum atomic E-state index is 13.3. The maximum absolute atomic E-state index is 13.3. The van der Waals surface area contributed by atoms with Gasteiger partial charge in [-0.15, -0.1) is 0 Å². The van der Waals surface area contributed by atoms with E-state index in [1.807, 2.05) is 42.0 Å². The fourth-order valence-electron chi connectivity index (χ4n) is 3.33. The van der Waals surface area contributed by atoms with Crippen molar-refractivity contribution in [3.63, 3.8) is 0 Å². The monoisotopic (exact) mass is 335 g/mol. The van der Waals surface area contributed by atoms with Crippen LogP contribution in [-0.4, -0.2) is 71.6 Å². The van der Waals surface area contributed by atoms with E-state index >= 15 is 0 Å². The van der Waals surface area contributed by atoms with E-state index in [-0.39, 0.29) is 11.9 Å². The molecule has 2 aliphatic rings. The molecule has 1 unspecified atom stereocenters. The predicted molar refractivity (Wildman–Crippen MR) is 92.5 cm³/mol. The lowest BCUT2D eigenvalue weighted by Gasteiger charge is -2.39. The summed E-state index contributed by atoms with van der Waals surface area (Å²) in [5.74, 6) is 2.49. The van der Waals surface area contributed by atoms with Crippen LogP contribution in [0.2, 0.25) is 0 Å². The standard InChI is InChI=1S/C17H25N3O2S/c1-19(15-4-11-23-12-5-15)17(21)16(14-3-2-6-18-13-14)20-7-9-22-10-8-20/h2-3,6,13,15-16H,4-5,7-12H2,1H3. The molecule has 0 radical (unpaired) electrons. The number of carbonyl (C=O) groups is 1. The molecule has 1 atom stereocenters. The fraction of sp³-hybridized carbons (Fsp3) is 0.647. The van der Waals surface area contributed by atoms with E-state index < -0.39 is 0 Å². The van der Waals surface area contributed by atoms with Gasteiger partial charge in [0.15, 0.2) is 0 Å². The van der Waals surface area contributed by atoms with Crippen molar-refractivity contribution in [3.05, 3.63) is 30.1 Å². The third-order valence-corrected chi connectivity index (χ3v) is 5.78. The Hall–Kier alpha value is -1.11. The topological polar surface area (TPSA) is 45.7 Å². The zero-order chi connectivity index (χ0) is 16.1. The van der Waals surface area contributed by atoms with Crippen molar-refractivity contribution in [2.24, 2.45) is 0 Å². The van der Waals surface area contributed by atoms with Crippen molar-refractivity contribution in [3.8, 4) is 0 Å². The number of morpholine rings is 1. The van der Waals surface area contributed by atoms with E-state index in [1.54, 1.807) is 6.20 Å². The second-order valence-corrected chi connectivity index (χ2v) is 7.35. The van der Waals surface area contributed by atoms with Gasteiger partial charge < -0.3 is 9.64 Å². The van der Waals surface area contributed by atoms with Crippen LogP contribution in [-0.2, 0) is 9.53 Å². The Balaban J connectivity index is 1.80. The second kappa shape index (κ2) is 8.13. The zero-order valence-electron chi connectivity index (χ0n) is 13.7. The van der Waals surface area contributed by atoms with Gasteiger partial charge in [-0.05, 0) is 36.0 Å². The summed E-state index contributed by atoms with van der Waals surface area (Å²) in [7, 11) is 1.97. The van der Waals surface area contributed by atoms with Crippen LogP contribution < -0.4 is 0 Å². The van der Waals surface area contributed by atoms with Crippen molar-refractivity contribution in [2.45, 2.75) is 24.9 Å². The van der Waals surface area contributed by atoms with Gasteiger partial charge in [-0.25, -0.2) is 0 Å². The number of ether oxygens (including phenoxy) is 1. The van der Waals surface area contributed by atoms with E-state index in [2.05, 4.69) is 9.88 Å². The molecule has 2 saturated heterocycles. The van der Waals surface area contributed by atoms with Gasteiger partial charge in [0.2, 0.25) is 5.91 Å². The van der Waals surface area contributed by atoms with Gasteiger partial charge in [0.05, 0.1) is 13.2 Å². The highest BCUT2D eigenvalue weighted by Crippen LogP contribution is 2.27. The molecule has 5 nitrogen and oxygen atoms in total. The highest BCUT2D eigenvalue weighted by Gasteiger charge is 2.34. The molecule has 1 aromatic heterocycles. The fourth-order valence-corrected chi connectivity index (χ4v) is 4.41. The summed E-state index contributed by atoms with van der Waals surface area (Å²) >= 11 is 1.99.